The predicted molar refractivity (Wildman–Crippen MR) is 98.9 cm³/mol. The average molecular weight is 357 g/mol. The van der Waals surface area contributed by atoms with Crippen LogP contribution in [0.2, 0.25) is 10.0 Å². The molecule has 1 aliphatic rings. The Labute approximate surface area is 148 Å². The van der Waals surface area contributed by atoms with Crippen LogP contribution in [0.15, 0.2) is 17.6 Å². The maximum atomic E-state index is 6.28. The van der Waals surface area contributed by atoms with Crippen molar-refractivity contribution in [2.75, 3.05) is 19.3 Å². The second-order valence-electron chi connectivity index (χ2n) is 6.73. The molecule has 0 aliphatic carbocycles. The van der Waals surface area contributed by atoms with Gasteiger partial charge in [0.05, 0.1) is 21.9 Å². The fourth-order valence-electron chi connectivity index (χ4n) is 2.29. The van der Waals surface area contributed by atoms with Crippen LogP contribution >= 0.6 is 23.2 Å². The second-order valence-corrected chi connectivity index (χ2v) is 7.55. The molecular formula is C16H23BCl2N2O2. The van der Waals surface area contributed by atoms with Crippen molar-refractivity contribution in [1.82, 2.24) is 5.32 Å². The third kappa shape index (κ3) is 3.86. The number of benzene rings is 1. The zero-order valence-electron chi connectivity index (χ0n) is 14.2. The van der Waals surface area contributed by atoms with Gasteiger partial charge in [0.1, 0.15) is 0 Å². The molecule has 0 amide bonds. The van der Waals surface area contributed by atoms with Gasteiger partial charge in [0.15, 0.2) is 0 Å². The van der Waals surface area contributed by atoms with Gasteiger partial charge in [0.2, 0.25) is 0 Å². The van der Waals surface area contributed by atoms with Crippen molar-refractivity contribution in [2.45, 2.75) is 38.9 Å². The molecule has 1 saturated heterocycles. The van der Waals surface area contributed by atoms with Crippen LogP contribution < -0.4 is 11.1 Å². The van der Waals surface area contributed by atoms with Crippen LogP contribution in [0.25, 0.3) is 6.08 Å². The minimum Gasteiger partial charge on any atom is -0.400 e. The van der Waals surface area contributed by atoms with Gasteiger partial charge in [-0.3, -0.25) is 0 Å². The van der Waals surface area contributed by atoms with E-state index in [9.17, 15) is 0 Å². The van der Waals surface area contributed by atoms with Crippen molar-refractivity contribution in [3.05, 3.63) is 33.2 Å². The first-order valence-corrected chi connectivity index (χ1v) is 8.28. The molecular weight excluding hydrogens is 334 g/mol. The predicted octanol–water partition coefficient (Wildman–Crippen LogP) is 3.81. The average Bonchev–Trinajstić information content (AvgIpc) is 2.64. The first kappa shape index (κ1) is 18.6. The van der Waals surface area contributed by atoms with Crippen molar-refractivity contribution >= 4 is 42.1 Å². The van der Waals surface area contributed by atoms with Crippen LogP contribution in [0.1, 0.15) is 33.3 Å². The molecule has 1 aromatic carbocycles. The lowest BCUT2D eigenvalue weighted by molar-refractivity contribution is 0.00578. The summed E-state index contributed by atoms with van der Waals surface area (Å²) in [5, 5.41) is 4.15. The molecule has 126 valence electrons. The van der Waals surface area contributed by atoms with Crippen LogP contribution in [0.3, 0.4) is 0 Å². The summed E-state index contributed by atoms with van der Waals surface area (Å²) in [5.74, 6) is 0. The Morgan fingerprint density at radius 1 is 1.17 bits per heavy atom. The van der Waals surface area contributed by atoms with Gasteiger partial charge >= 0.3 is 7.12 Å². The summed E-state index contributed by atoms with van der Waals surface area (Å²) < 4.78 is 12.2. The monoisotopic (exact) mass is 356 g/mol. The Morgan fingerprint density at radius 3 is 2.26 bits per heavy atom. The summed E-state index contributed by atoms with van der Waals surface area (Å²) in [6.45, 7) is 8.71. The van der Waals surface area contributed by atoms with Crippen molar-refractivity contribution < 1.29 is 9.31 Å². The summed E-state index contributed by atoms with van der Waals surface area (Å²) in [6, 6.07) is 3.40. The molecule has 1 heterocycles. The topological polar surface area (TPSA) is 56.5 Å². The zero-order chi connectivity index (χ0) is 17.4. The Balaban J connectivity index is 2.38. The van der Waals surface area contributed by atoms with Gasteiger partial charge < -0.3 is 20.4 Å². The van der Waals surface area contributed by atoms with Gasteiger partial charge in [-0.15, -0.1) is 0 Å². The van der Waals surface area contributed by atoms with Crippen molar-refractivity contribution in [1.29, 1.82) is 0 Å². The Hall–Kier alpha value is -0.715. The number of hydrogen-bond donors (Lipinski definition) is 2. The Morgan fingerprint density at radius 2 is 1.74 bits per heavy atom. The third-order valence-electron chi connectivity index (χ3n) is 4.39. The van der Waals surface area contributed by atoms with E-state index in [0.29, 0.717) is 22.3 Å². The van der Waals surface area contributed by atoms with E-state index in [0.717, 1.165) is 11.0 Å². The lowest BCUT2D eigenvalue weighted by Crippen LogP contribution is -2.41. The molecule has 0 bridgehead atoms. The van der Waals surface area contributed by atoms with Crippen LogP contribution in [-0.2, 0) is 9.31 Å². The first-order chi connectivity index (χ1) is 10.6. The quantitative estimate of drug-likeness (QED) is 0.636. The summed E-state index contributed by atoms with van der Waals surface area (Å²) in [5.41, 5.74) is 7.16. The number of nitrogens with two attached hydrogens (primary N) is 1. The van der Waals surface area contributed by atoms with E-state index >= 15 is 0 Å². The standard InChI is InChI=1S/C16H23BCl2N2O2/c1-15(2)16(3,4)23-17(22-15)11(9-21-5)6-10-7-13(19)14(20)8-12(10)18/h6-8,21H,9,20H2,1-5H3. The van der Waals surface area contributed by atoms with E-state index in [1.54, 1.807) is 12.1 Å². The molecule has 0 unspecified atom stereocenters. The zero-order valence-corrected chi connectivity index (χ0v) is 15.7. The Kier molecular flexibility index (Phi) is 5.39. The lowest BCUT2D eigenvalue weighted by Gasteiger charge is -2.32. The van der Waals surface area contributed by atoms with E-state index in [2.05, 4.69) is 5.32 Å². The SMILES string of the molecule is CNCC(=Cc1cc(Cl)c(N)cc1Cl)B1OC(C)(C)C(C)(C)O1. The molecule has 2 rings (SSSR count). The molecule has 0 aromatic heterocycles. The van der Waals surface area contributed by atoms with Gasteiger partial charge in [0.25, 0.3) is 0 Å². The molecule has 4 nitrogen and oxygen atoms in total. The highest BCUT2D eigenvalue weighted by atomic mass is 35.5. The minimum atomic E-state index is -0.445. The van der Waals surface area contributed by atoms with Crippen molar-refractivity contribution in [2.24, 2.45) is 0 Å². The summed E-state index contributed by atoms with van der Waals surface area (Å²) >= 11 is 12.4. The van der Waals surface area contributed by atoms with Gasteiger partial charge in [-0.1, -0.05) is 29.3 Å². The molecule has 23 heavy (non-hydrogen) atoms. The molecule has 0 radical (unpaired) electrons. The number of rotatable bonds is 4. The van der Waals surface area contributed by atoms with Gasteiger partial charge in [-0.05, 0) is 57.9 Å². The summed E-state index contributed by atoms with van der Waals surface area (Å²) in [6.07, 6.45) is 1.94. The number of anilines is 1. The largest absolute Gasteiger partial charge is 0.491 e. The van der Waals surface area contributed by atoms with E-state index in [1.807, 2.05) is 40.8 Å². The van der Waals surface area contributed by atoms with Crippen LogP contribution in [-0.4, -0.2) is 31.9 Å². The van der Waals surface area contributed by atoms with Crippen LogP contribution in [0, 0.1) is 0 Å². The number of hydrogen-bond acceptors (Lipinski definition) is 4. The molecule has 1 aliphatic heterocycles. The number of halogens is 2. The maximum Gasteiger partial charge on any atom is 0.491 e. The van der Waals surface area contributed by atoms with Crippen LogP contribution in [0.4, 0.5) is 5.69 Å². The molecule has 7 heteroatoms. The van der Waals surface area contributed by atoms with E-state index in [1.165, 1.54) is 0 Å². The fraction of sp³-hybridized carbons (Fsp3) is 0.500. The first-order valence-electron chi connectivity index (χ1n) is 7.52. The van der Waals surface area contributed by atoms with E-state index in [-0.39, 0.29) is 0 Å². The van der Waals surface area contributed by atoms with Gasteiger partial charge in [0, 0.05) is 11.6 Å². The van der Waals surface area contributed by atoms with Crippen molar-refractivity contribution in [3.63, 3.8) is 0 Å². The fourth-order valence-corrected chi connectivity index (χ4v) is 2.69. The maximum absolute atomic E-state index is 6.28. The summed E-state index contributed by atoms with van der Waals surface area (Å²) in [7, 11) is 1.43. The molecule has 0 saturated carbocycles. The minimum absolute atomic E-state index is 0.396. The normalized spacial score (nSPS) is 20.1. The van der Waals surface area contributed by atoms with Crippen LogP contribution in [0.5, 0.6) is 0 Å². The molecule has 1 aromatic rings. The summed E-state index contributed by atoms with van der Waals surface area (Å²) in [4.78, 5) is 0. The number of nitrogens with one attached hydrogen (secondary N) is 1. The van der Waals surface area contributed by atoms with Gasteiger partial charge in [-0.2, -0.15) is 0 Å². The molecule has 3 N–H and O–H groups in total. The smallest absolute Gasteiger partial charge is 0.400 e. The lowest BCUT2D eigenvalue weighted by atomic mass is 9.77. The third-order valence-corrected chi connectivity index (χ3v) is 5.05. The highest BCUT2D eigenvalue weighted by Gasteiger charge is 2.52. The number of nitrogen functional groups attached to an aromatic ring is 1. The number of likely N-dealkylation sites (N-methyl/N-ethyl adjacent to an activating group) is 1. The second kappa shape index (κ2) is 6.65. The highest BCUT2D eigenvalue weighted by Crippen LogP contribution is 2.39. The van der Waals surface area contributed by atoms with E-state index < -0.39 is 18.3 Å². The molecule has 0 atom stereocenters. The highest BCUT2D eigenvalue weighted by molar-refractivity contribution is 6.56. The van der Waals surface area contributed by atoms with Gasteiger partial charge in [-0.25, -0.2) is 0 Å². The van der Waals surface area contributed by atoms with E-state index in [4.69, 9.17) is 38.2 Å². The molecule has 0 spiro atoms. The Bertz CT molecular complexity index is 617. The van der Waals surface area contributed by atoms with Crippen molar-refractivity contribution in [3.8, 4) is 0 Å². The molecule has 1 fully saturated rings.